The molecule has 0 atom stereocenters. The number of anilines is 1. The van der Waals surface area contributed by atoms with Crippen LogP contribution in [-0.4, -0.2) is 30.2 Å². The van der Waals surface area contributed by atoms with Gasteiger partial charge in [0, 0.05) is 5.56 Å². The molecule has 3 rings (SSSR count). The monoisotopic (exact) mass is 377 g/mol. The topological polar surface area (TPSA) is 84.9 Å². The van der Waals surface area contributed by atoms with E-state index in [9.17, 15) is 9.59 Å². The predicted octanol–water partition coefficient (Wildman–Crippen LogP) is 3.17. The molecule has 0 saturated carbocycles. The van der Waals surface area contributed by atoms with Crippen LogP contribution in [0.3, 0.4) is 0 Å². The Bertz CT molecular complexity index is 790. The molecule has 0 spiro atoms. The van der Waals surface area contributed by atoms with E-state index < -0.39 is 11.9 Å². The quantitative estimate of drug-likeness (QED) is 0.857. The van der Waals surface area contributed by atoms with Crippen molar-refractivity contribution in [2.24, 2.45) is 0 Å². The molecule has 1 aliphatic heterocycles. The largest absolute Gasteiger partial charge is 0.485 e. The third-order valence-corrected chi connectivity index (χ3v) is 3.88. The molecule has 0 radical (unpaired) electrons. The minimum atomic E-state index is -1.09. The number of aromatic carboxylic acids is 1. The third kappa shape index (κ3) is 3.14. The Morgan fingerprint density at radius 3 is 2.48 bits per heavy atom. The fraction of sp³-hybridized carbons (Fsp3) is 0.125. The van der Waals surface area contributed by atoms with Gasteiger partial charge in [-0.05, 0) is 46.3 Å². The van der Waals surface area contributed by atoms with E-state index >= 15 is 0 Å². The molecule has 2 aromatic carbocycles. The summed E-state index contributed by atoms with van der Waals surface area (Å²) in [5.41, 5.74) is 0.766. The van der Waals surface area contributed by atoms with Gasteiger partial charge in [0.05, 0.1) is 15.7 Å². The predicted molar refractivity (Wildman–Crippen MR) is 86.5 cm³/mol. The van der Waals surface area contributed by atoms with E-state index in [0.717, 1.165) is 4.47 Å². The van der Waals surface area contributed by atoms with Gasteiger partial charge < -0.3 is 19.9 Å². The highest BCUT2D eigenvalue weighted by Crippen LogP contribution is 2.43. The van der Waals surface area contributed by atoms with Crippen molar-refractivity contribution in [1.82, 2.24) is 0 Å². The second-order valence-electron chi connectivity index (χ2n) is 4.79. The zero-order valence-corrected chi connectivity index (χ0v) is 13.4. The Hall–Kier alpha value is -2.54. The van der Waals surface area contributed by atoms with E-state index in [1.165, 1.54) is 18.2 Å². The van der Waals surface area contributed by atoms with Gasteiger partial charge in [-0.3, -0.25) is 4.79 Å². The van der Waals surface area contributed by atoms with Crippen LogP contribution in [0.5, 0.6) is 11.5 Å². The first kappa shape index (κ1) is 15.4. The molecule has 0 bridgehead atoms. The second-order valence-corrected chi connectivity index (χ2v) is 5.64. The van der Waals surface area contributed by atoms with Crippen LogP contribution in [0.2, 0.25) is 0 Å². The summed E-state index contributed by atoms with van der Waals surface area (Å²) in [7, 11) is 0. The van der Waals surface area contributed by atoms with Crippen molar-refractivity contribution in [1.29, 1.82) is 0 Å². The summed E-state index contributed by atoms with van der Waals surface area (Å²) in [4.78, 5) is 23.3. The van der Waals surface area contributed by atoms with Gasteiger partial charge in [0.15, 0.2) is 11.5 Å². The number of carboxylic acids is 1. The summed E-state index contributed by atoms with van der Waals surface area (Å²) in [5.74, 6) is -0.522. The summed E-state index contributed by atoms with van der Waals surface area (Å²) in [6.07, 6.45) is 0. The molecule has 6 nitrogen and oxygen atoms in total. The molecule has 0 aromatic heterocycles. The summed E-state index contributed by atoms with van der Waals surface area (Å²) in [5, 5.41) is 11.7. The lowest BCUT2D eigenvalue weighted by molar-refractivity contribution is 0.0697. The van der Waals surface area contributed by atoms with E-state index in [1.807, 2.05) is 0 Å². The first-order valence-electron chi connectivity index (χ1n) is 6.79. The molecule has 1 heterocycles. The molecule has 1 aliphatic rings. The number of halogens is 1. The number of hydrogen-bond donors (Lipinski definition) is 2. The molecule has 0 saturated heterocycles. The highest BCUT2D eigenvalue weighted by Gasteiger charge is 2.21. The highest BCUT2D eigenvalue weighted by atomic mass is 79.9. The number of amides is 1. The minimum Gasteiger partial charge on any atom is -0.485 e. The van der Waals surface area contributed by atoms with Crippen LogP contribution < -0.4 is 14.8 Å². The van der Waals surface area contributed by atoms with E-state index in [2.05, 4.69) is 21.2 Å². The zero-order valence-electron chi connectivity index (χ0n) is 11.8. The smallest absolute Gasteiger partial charge is 0.335 e. The van der Waals surface area contributed by atoms with Crippen LogP contribution in [-0.2, 0) is 0 Å². The Morgan fingerprint density at radius 2 is 1.74 bits per heavy atom. The maximum atomic E-state index is 12.3. The third-order valence-electron chi connectivity index (χ3n) is 3.26. The van der Waals surface area contributed by atoms with Crippen molar-refractivity contribution >= 4 is 33.5 Å². The van der Waals surface area contributed by atoms with Crippen LogP contribution in [0.4, 0.5) is 5.69 Å². The number of fused-ring (bicyclic) bond motifs is 1. The average Bonchev–Trinajstić information content (AvgIpc) is 2.57. The van der Waals surface area contributed by atoms with Crippen LogP contribution in [0.15, 0.2) is 40.9 Å². The van der Waals surface area contributed by atoms with Gasteiger partial charge in [0.25, 0.3) is 5.91 Å². The lowest BCUT2D eigenvalue weighted by atomic mass is 10.1. The van der Waals surface area contributed by atoms with E-state index in [-0.39, 0.29) is 11.1 Å². The van der Waals surface area contributed by atoms with Crippen molar-refractivity contribution in [2.75, 3.05) is 18.5 Å². The number of rotatable bonds is 3. The first-order chi connectivity index (χ1) is 11.1. The van der Waals surface area contributed by atoms with Crippen molar-refractivity contribution in [3.8, 4) is 11.5 Å². The molecular formula is C16H12BrNO5. The maximum Gasteiger partial charge on any atom is 0.335 e. The Kier molecular flexibility index (Phi) is 4.20. The van der Waals surface area contributed by atoms with Crippen molar-refractivity contribution < 1.29 is 24.2 Å². The molecular weight excluding hydrogens is 366 g/mol. The molecule has 2 aromatic rings. The molecule has 7 heteroatoms. The highest BCUT2D eigenvalue weighted by molar-refractivity contribution is 9.10. The average molecular weight is 378 g/mol. The van der Waals surface area contributed by atoms with Gasteiger partial charge >= 0.3 is 5.97 Å². The lowest BCUT2D eigenvalue weighted by Crippen LogP contribution is -2.19. The van der Waals surface area contributed by atoms with Crippen LogP contribution >= 0.6 is 15.9 Å². The molecule has 2 N–H and O–H groups in total. The Morgan fingerprint density at radius 1 is 1.04 bits per heavy atom. The van der Waals surface area contributed by atoms with Gasteiger partial charge in [0.2, 0.25) is 0 Å². The van der Waals surface area contributed by atoms with Gasteiger partial charge in [-0.1, -0.05) is 6.07 Å². The molecule has 1 amide bonds. The molecule has 0 fully saturated rings. The summed E-state index contributed by atoms with van der Waals surface area (Å²) < 4.78 is 11.8. The molecule has 0 aliphatic carbocycles. The number of hydrogen-bond acceptors (Lipinski definition) is 4. The normalized spacial score (nSPS) is 12.6. The van der Waals surface area contributed by atoms with Crippen LogP contribution in [0.1, 0.15) is 20.7 Å². The van der Waals surface area contributed by atoms with Crippen molar-refractivity contribution in [3.05, 3.63) is 52.0 Å². The van der Waals surface area contributed by atoms with Crippen LogP contribution in [0, 0.1) is 0 Å². The summed E-state index contributed by atoms with van der Waals surface area (Å²) in [6, 6.07) is 9.25. The maximum absolute atomic E-state index is 12.3. The fourth-order valence-electron chi connectivity index (χ4n) is 2.19. The number of carbonyl (C=O) groups excluding carboxylic acids is 1. The second kappa shape index (κ2) is 6.29. The minimum absolute atomic E-state index is 0.0510. The van der Waals surface area contributed by atoms with Crippen molar-refractivity contribution in [2.45, 2.75) is 0 Å². The van der Waals surface area contributed by atoms with Gasteiger partial charge in [-0.2, -0.15) is 0 Å². The van der Waals surface area contributed by atoms with E-state index in [0.29, 0.717) is 30.4 Å². The number of benzene rings is 2. The Labute approximate surface area is 140 Å². The van der Waals surface area contributed by atoms with Gasteiger partial charge in [0.1, 0.15) is 13.2 Å². The zero-order chi connectivity index (χ0) is 16.4. The first-order valence-corrected chi connectivity index (χ1v) is 7.58. The SMILES string of the molecule is O=C(O)c1cccc(C(=O)Nc2ccc(Br)c3c2OCCO3)c1. The summed E-state index contributed by atoms with van der Waals surface area (Å²) >= 11 is 3.37. The number of ether oxygens (including phenoxy) is 2. The standard InChI is InChI=1S/C16H12BrNO5/c17-11-4-5-12(14-13(11)22-6-7-23-14)18-15(19)9-2-1-3-10(8-9)16(20)21/h1-5,8H,6-7H2,(H,18,19)(H,20,21). The number of carboxylic acid groups (broad SMARTS) is 1. The van der Waals surface area contributed by atoms with Crippen molar-refractivity contribution in [3.63, 3.8) is 0 Å². The molecule has 0 unspecified atom stereocenters. The summed E-state index contributed by atoms with van der Waals surface area (Å²) in [6.45, 7) is 0.824. The lowest BCUT2D eigenvalue weighted by Gasteiger charge is -2.22. The van der Waals surface area contributed by atoms with Gasteiger partial charge in [-0.15, -0.1) is 0 Å². The van der Waals surface area contributed by atoms with E-state index in [1.54, 1.807) is 18.2 Å². The number of carbonyl (C=O) groups is 2. The fourth-order valence-corrected chi connectivity index (χ4v) is 2.62. The van der Waals surface area contributed by atoms with Gasteiger partial charge in [-0.25, -0.2) is 4.79 Å². The Balaban J connectivity index is 1.89. The molecule has 118 valence electrons. The molecule has 23 heavy (non-hydrogen) atoms. The van der Waals surface area contributed by atoms with Crippen LogP contribution in [0.25, 0.3) is 0 Å². The van der Waals surface area contributed by atoms with E-state index in [4.69, 9.17) is 14.6 Å². The number of nitrogens with one attached hydrogen (secondary N) is 1.